The molecule has 0 amide bonds. The monoisotopic (exact) mass is 283 g/mol. The van der Waals surface area contributed by atoms with Crippen LogP contribution in [-0.2, 0) is 0 Å². The second kappa shape index (κ2) is 4.25. The Kier molecular flexibility index (Phi) is 2.25. The Morgan fingerprint density at radius 2 is 1.50 bits per heavy atom. The topological polar surface area (TPSA) is 28.9 Å². The van der Waals surface area contributed by atoms with Crippen molar-refractivity contribution in [2.24, 2.45) is 0 Å². The number of furan rings is 1. The highest BCUT2D eigenvalue weighted by Crippen LogP contribution is 2.32. The average molecular weight is 283 g/mol. The lowest BCUT2D eigenvalue weighted by molar-refractivity contribution is 0.669. The van der Waals surface area contributed by atoms with Crippen molar-refractivity contribution in [3.8, 4) is 11.3 Å². The Bertz CT molecular complexity index is 1100. The molecule has 0 aliphatic rings. The first-order valence-electron chi connectivity index (χ1n) is 7.38. The number of aromatic nitrogens is 1. The lowest BCUT2D eigenvalue weighted by atomic mass is 10.1. The zero-order valence-corrected chi connectivity index (χ0v) is 11.8. The van der Waals surface area contributed by atoms with Crippen molar-refractivity contribution in [1.82, 2.24) is 4.98 Å². The summed E-state index contributed by atoms with van der Waals surface area (Å²) in [4.78, 5) is 3.49. The number of H-pyrrole nitrogens is 1. The lowest BCUT2D eigenvalue weighted by Crippen LogP contribution is -1.76. The third-order valence-electron chi connectivity index (χ3n) is 4.22. The quantitative estimate of drug-likeness (QED) is 0.418. The van der Waals surface area contributed by atoms with E-state index in [1.165, 1.54) is 10.9 Å². The largest absolute Gasteiger partial charge is 0.456 e. The first-order valence-corrected chi connectivity index (χ1v) is 7.38. The number of aromatic amines is 1. The fourth-order valence-corrected chi connectivity index (χ4v) is 3.12. The normalized spacial score (nSPS) is 11.6. The third kappa shape index (κ3) is 1.61. The Morgan fingerprint density at radius 3 is 2.45 bits per heavy atom. The second-order valence-electron chi connectivity index (χ2n) is 5.58. The van der Waals surface area contributed by atoms with Gasteiger partial charge in [-0.05, 0) is 42.0 Å². The molecule has 2 aromatic heterocycles. The first kappa shape index (κ1) is 11.6. The van der Waals surface area contributed by atoms with Crippen molar-refractivity contribution in [2.75, 3.05) is 0 Å². The number of hydrogen-bond acceptors (Lipinski definition) is 1. The van der Waals surface area contributed by atoms with Gasteiger partial charge in [0.15, 0.2) is 0 Å². The van der Waals surface area contributed by atoms with Crippen molar-refractivity contribution < 1.29 is 4.42 Å². The number of hydrogen-bond donors (Lipinski definition) is 1. The van der Waals surface area contributed by atoms with E-state index in [1.807, 2.05) is 18.2 Å². The van der Waals surface area contributed by atoms with Gasteiger partial charge in [-0.2, -0.15) is 0 Å². The van der Waals surface area contributed by atoms with Crippen LogP contribution in [0.1, 0.15) is 0 Å². The molecular formula is C20H13NO. The zero-order valence-electron chi connectivity index (χ0n) is 11.8. The molecule has 0 aliphatic carbocycles. The molecule has 22 heavy (non-hydrogen) atoms. The van der Waals surface area contributed by atoms with Crippen LogP contribution >= 0.6 is 0 Å². The fourth-order valence-electron chi connectivity index (χ4n) is 3.12. The van der Waals surface area contributed by atoms with Gasteiger partial charge in [0.05, 0.1) is 0 Å². The number of rotatable bonds is 1. The second-order valence-corrected chi connectivity index (χ2v) is 5.58. The van der Waals surface area contributed by atoms with Crippen LogP contribution < -0.4 is 0 Å². The van der Waals surface area contributed by atoms with E-state index in [9.17, 15) is 0 Å². The van der Waals surface area contributed by atoms with Gasteiger partial charge < -0.3 is 9.40 Å². The van der Waals surface area contributed by atoms with Crippen molar-refractivity contribution in [2.45, 2.75) is 0 Å². The molecule has 0 saturated carbocycles. The van der Waals surface area contributed by atoms with Crippen LogP contribution in [0.15, 0.2) is 77.2 Å². The van der Waals surface area contributed by atoms with Crippen LogP contribution in [0.3, 0.4) is 0 Å². The molecule has 2 heterocycles. The molecule has 0 atom stereocenters. The minimum atomic E-state index is 0.932. The van der Waals surface area contributed by atoms with E-state index in [4.69, 9.17) is 4.42 Å². The third-order valence-corrected chi connectivity index (χ3v) is 4.22. The van der Waals surface area contributed by atoms with Gasteiger partial charge in [-0.25, -0.2) is 0 Å². The van der Waals surface area contributed by atoms with Gasteiger partial charge in [0, 0.05) is 27.4 Å². The summed E-state index contributed by atoms with van der Waals surface area (Å²) in [5, 5.41) is 3.55. The first-order chi connectivity index (χ1) is 10.9. The molecule has 0 radical (unpaired) electrons. The minimum Gasteiger partial charge on any atom is -0.456 e. The Hall–Kier alpha value is -3.00. The van der Waals surface area contributed by atoms with Crippen LogP contribution in [0.25, 0.3) is 44.1 Å². The summed E-state index contributed by atoms with van der Waals surface area (Å²) in [6, 6.07) is 25.1. The molecule has 0 unspecified atom stereocenters. The predicted octanol–water partition coefficient (Wildman–Crippen LogP) is 5.73. The molecule has 2 heteroatoms. The van der Waals surface area contributed by atoms with Crippen LogP contribution in [0.5, 0.6) is 0 Å². The summed E-state index contributed by atoms with van der Waals surface area (Å²) in [5.41, 5.74) is 5.34. The summed E-state index contributed by atoms with van der Waals surface area (Å²) in [5.74, 6) is 0. The van der Waals surface area contributed by atoms with Crippen LogP contribution in [-0.4, -0.2) is 4.98 Å². The highest BCUT2D eigenvalue weighted by atomic mass is 16.3. The average Bonchev–Trinajstić information content (AvgIpc) is 3.15. The number of para-hydroxylation sites is 2. The summed E-state index contributed by atoms with van der Waals surface area (Å²) in [6.45, 7) is 0. The maximum Gasteiger partial charge on any atom is 0.135 e. The SMILES string of the molecule is c1ccc2[nH]c(-c3ccc4oc5ccccc5c4c3)cc2c1. The molecule has 0 aliphatic heterocycles. The van der Waals surface area contributed by atoms with Gasteiger partial charge in [-0.1, -0.05) is 36.4 Å². The summed E-state index contributed by atoms with van der Waals surface area (Å²) < 4.78 is 5.89. The van der Waals surface area contributed by atoms with E-state index in [-0.39, 0.29) is 0 Å². The molecule has 0 spiro atoms. The van der Waals surface area contributed by atoms with Gasteiger partial charge in [-0.3, -0.25) is 0 Å². The van der Waals surface area contributed by atoms with Crippen molar-refractivity contribution in [1.29, 1.82) is 0 Å². The van der Waals surface area contributed by atoms with Crippen molar-refractivity contribution in [3.05, 3.63) is 72.8 Å². The smallest absolute Gasteiger partial charge is 0.135 e. The van der Waals surface area contributed by atoms with Crippen LogP contribution in [0.4, 0.5) is 0 Å². The van der Waals surface area contributed by atoms with E-state index >= 15 is 0 Å². The summed E-state index contributed by atoms with van der Waals surface area (Å²) in [6.07, 6.45) is 0. The highest BCUT2D eigenvalue weighted by molar-refractivity contribution is 6.06. The molecule has 104 valence electrons. The maximum atomic E-state index is 5.89. The zero-order chi connectivity index (χ0) is 14.5. The molecule has 5 rings (SSSR count). The molecule has 3 aromatic carbocycles. The van der Waals surface area contributed by atoms with Crippen LogP contribution in [0.2, 0.25) is 0 Å². The minimum absolute atomic E-state index is 0.932. The van der Waals surface area contributed by atoms with Gasteiger partial charge in [0.1, 0.15) is 11.2 Å². The fraction of sp³-hybridized carbons (Fsp3) is 0. The highest BCUT2D eigenvalue weighted by Gasteiger charge is 2.09. The Morgan fingerprint density at radius 1 is 0.682 bits per heavy atom. The van der Waals surface area contributed by atoms with E-state index < -0.39 is 0 Å². The summed E-state index contributed by atoms with van der Waals surface area (Å²) in [7, 11) is 0. The summed E-state index contributed by atoms with van der Waals surface area (Å²) >= 11 is 0. The Labute approximate surface area is 127 Å². The van der Waals surface area contributed by atoms with Crippen molar-refractivity contribution in [3.63, 3.8) is 0 Å². The standard InChI is InChI=1S/C20H13NO/c1-3-7-17-13(5-1)12-18(21-17)14-9-10-20-16(11-14)15-6-2-4-8-19(15)22-20/h1-12,21H. The van der Waals surface area contributed by atoms with E-state index in [0.29, 0.717) is 0 Å². The maximum absolute atomic E-state index is 5.89. The predicted molar refractivity (Wildman–Crippen MR) is 91.0 cm³/mol. The molecule has 5 aromatic rings. The molecule has 0 fully saturated rings. The number of benzene rings is 3. The van der Waals surface area contributed by atoms with E-state index in [2.05, 4.69) is 59.6 Å². The lowest BCUT2D eigenvalue weighted by Gasteiger charge is -1.98. The molecular weight excluding hydrogens is 270 g/mol. The van der Waals surface area contributed by atoms with Crippen molar-refractivity contribution >= 4 is 32.8 Å². The van der Waals surface area contributed by atoms with Gasteiger partial charge in [0.25, 0.3) is 0 Å². The van der Waals surface area contributed by atoms with Gasteiger partial charge >= 0.3 is 0 Å². The molecule has 2 nitrogen and oxygen atoms in total. The Balaban J connectivity index is 1.78. The van der Waals surface area contributed by atoms with E-state index in [1.54, 1.807) is 0 Å². The number of fused-ring (bicyclic) bond motifs is 4. The van der Waals surface area contributed by atoms with E-state index in [0.717, 1.165) is 33.1 Å². The van der Waals surface area contributed by atoms with Gasteiger partial charge in [0.2, 0.25) is 0 Å². The van der Waals surface area contributed by atoms with Gasteiger partial charge in [-0.15, -0.1) is 0 Å². The molecule has 1 N–H and O–H groups in total. The molecule has 0 saturated heterocycles. The molecule has 0 bridgehead atoms. The van der Waals surface area contributed by atoms with Crippen LogP contribution in [0, 0.1) is 0 Å². The number of nitrogens with one attached hydrogen (secondary N) is 1.